The number of hydrogen-bond acceptors (Lipinski definition) is 4. The zero-order chi connectivity index (χ0) is 15.6. The van der Waals surface area contributed by atoms with E-state index >= 15 is 0 Å². The van der Waals surface area contributed by atoms with Crippen molar-refractivity contribution in [3.05, 3.63) is 53.4 Å². The molecule has 108 valence electrons. The molecule has 0 saturated heterocycles. The number of anilines is 1. The van der Waals surface area contributed by atoms with Gasteiger partial charge in [-0.3, -0.25) is 9.78 Å². The second-order valence-electron chi connectivity index (χ2n) is 3.96. The lowest BCUT2D eigenvalue weighted by atomic mass is 10.1. The molecule has 0 aliphatic rings. The summed E-state index contributed by atoms with van der Waals surface area (Å²) in [6.07, 6.45) is 2.25. The number of rotatable bonds is 3. The number of carbonyl (C=O) groups excluding carboxylic acids is 1. The van der Waals surface area contributed by atoms with Gasteiger partial charge in [0.25, 0.3) is 5.91 Å². The number of nitrogens with zero attached hydrogens (tertiary/aromatic N) is 1. The summed E-state index contributed by atoms with van der Waals surface area (Å²) in [4.78, 5) is 26.4. The van der Waals surface area contributed by atoms with Crippen molar-refractivity contribution in [1.82, 2.24) is 4.98 Å². The maximum absolute atomic E-state index is 13.2. The van der Waals surface area contributed by atoms with E-state index in [0.717, 1.165) is 6.20 Å². The first-order valence-corrected chi connectivity index (χ1v) is 5.57. The second-order valence-corrected chi connectivity index (χ2v) is 3.96. The fourth-order valence-electron chi connectivity index (χ4n) is 1.59. The molecule has 21 heavy (non-hydrogen) atoms. The van der Waals surface area contributed by atoms with Crippen molar-refractivity contribution in [3.63, 3.8) is 0 Å². The standard InChI is InChI=1S/C13H8F2N2O4/c14-8-3-7(13(20)21)10(4-9(8)15)17-12(19)6-1-2-16-5-11(6)18/h1-5,18H,(H,17,19)(H,20,21). The number of aromatic hydroxyl groups is 1. The van der Waals surface area contributed by atoms with Crippen LogP contribution in [0.3, 0.4) is 0 Å². The Balaban J connectivity index is 2.40. The lowest BCUT2D eigenvalue weighted by Gasteiger charge is -2.10. The number of pyridine rings is 1. The minimum absolute atomic E-state index is 0.189. The predicted octanol–water partition coefficient (Wildman–Crippen LogP) is 2.02. The highest BCUT2D eigenvalue weighted by molar-refractivity contribution is 6.08. The number of halogens is 2. The average molecular weight is 294 g/mol. The van der Waals surface area contributed by atoms with Crippen LogP contribution < -0.4 is 5.32 Å². The van der Waals surface area contributed by atoms with Crippen LogP contribution in [0.5, 0.6) is 5.75 Å². The third kappa shape index (κ3) is 2.94. The van der Waals surface area contributed by atoms with Gasteiger partial charge in [0.2, 0.25) is 0 Å². The van der Waals surface area contributed by atoms with E-state index in [2.05, 4.69) is 10.3 Å². The average Bonchev–Trinajstić information content (AvgIpc) is 2.42. The Morgan fingerprint density at radius 2 is 1.81 bits per heavy atom. The van der Waals surface area contributed by atoms with Crippen LogP contribution in [0.4, 0.5) is 14.5 Å². The molecule has 2 rings (SSSR count). The molecule has 0 aliphatic heterocycles. The first-order valence-electron chi connectivity index (χ1n) is 5.57. The molecule has 0 unspecified atom stereocenters. The van der Waals surface area contributed by atoms with Crippen LogP contribution in [-0.2, 0) is 0 Å². The van der Waals surface area contributed by atoms with Crippen molar-refractivity contribution in [2.75, 3.05) is 5.32 Å². The van der Waals surface area contributed by atoms with Gasteiger partial charge in [-0.25, -0.2) is 13.6 Å². The van der Waals surface area contributed by atoms with Crippen LogP contribution >= 0.6 is 0 Å². The normalized spacial score (nSPS) is 10.2. The maximum Gasteiger partial charge on any atom is 0.337 e. The van der Waals surface area contributed by atoms with E-state index in [4.69, 9.17) is 5.11 Å². The van der Waals surface area contributed by atoms with Gasteiger partial charge in [-0.2, -0.15) is 0 Å². The lowest BCUT2D eigenvalue weighted by molar-refractivity contribution is 0.0697. The first kappa shape index (κ1) is 14.4. The molecule has 1 aromatic heterocycles. The van der Waals surface area contributed by atoms with Crippen molar-refractivity contribution in [3.8, 4) is 5.75 Å². The minimum atomic E-state index is -1.54. The van der Waals surface area contributed by atoms with Crippen molar-refractivity contribution in [2.24, 2.45) is 0 Å². The van der Waals surface area contributed by atoms with Gasteiger partial charge in [-0.15, -0.1) is 0 Å². The fourth-order valence-corrected chi connectivity index (χ4v) is 1.59. The highest BCUT2D eigenvalue weighted by Gasteiger charge is 2.19. The summed E-state index contributed by atoms with van der Waals surface area (Å²) in [5.41, 5.74) is -1.23. The molecule has 1 aromatic carbocycles. The highest BCUT2D eigenvalue weighted by Crippen LogP contribution is 2.22. The minimum Gasteiger partial charge on any atom is -0.505 e. The van der Waals surface area contributed by atoms with Gasteiger partial charge in [-0.05, 0) is 12.1 Å². The van der Waals surface area contributed by atoms with Crippen LogP contribution in [0, 0.1) is 11.6 Å². The van der Waals surface area contributed by atoms with Crippen molar-refractivity contribution < 1.29 is 28.6 Å². The molecule has 0 saturated carbocycles. The number of amides is 1. The van der Waals surface area contributed by atoms with Gasteiger partial charge in [0.05, 0.1) is 23.0 Å². The highest BCUT2D eigenvalue weighted by atomic mass is 19.2. The molecule has 6 nitrogen and oxygen atoms in total. The molecule has 0 aliphatic carbocycles. The van der Waals surface area contributed by atoms with E-state index in [-0.39, 0.29) is 5.56 Å². The zero-order valence-corrected chi connectivity index (χ0v) is 10.3. The maximum atomic E-state index is 13.2. The molecule has 8 heteroatoms. The van der Waals surface area contributed by atoms with E-state index < -0.39 is 40.5 Å². The topological polar surface area (TPSA) is 99.5 Å². The van der Waals surface area contributed by atoms with Gasteiger partial charge in [0, 0.05) is 12.3 Å². The summed E-state index contributed by atoms with van der Waals surface area (Å²) in [7, 11) is 0. The molecule has 0 bridgehead atoms. The quantitative estimate of drug-likeness (QED) is 0.804. The van der Waals surface area contributed by atoms with Crippen molar-refractivity contribution >= 4 is 17.6 Å². The number of carboxylic acid groups (broad SMARTS) is 1. The molecule has 0 atom stereocenters. The molecule has 3 N–H and O–H groups in total. The van der Waals surface area contributed by atoms with Crippen LogP contribution in [0.25, 0.3) is 0 Å². The number of hydrogen-bond donors (Lipinski definition) is 3. The van der Waals surface area contributed by atoms with Crippen molar-refractivity contribution in [1.29, 1.82) is 0 Å². The summed E-state index contributed by atoms with van der Waals surface area (Å²) in [6.45, 7) is 0. The second kappa shape index (κ2) is 5.53. The molecule has 0 spiro atoms. The third-order valence-electron chi connectivity index (χ3n) is 2.58. The van der Waals surface area contributed by atoms with Gasteiger partial charge in [0.15, 0.2) is 11.6 Å². The molecule has 2 aromatic rings. The van der Waals surface area contributed by atoms with Gasteiger partial charge in [0.1, 0.15) is 5.75 Å². The fraction of sp³-hybridized carbons (Fsp3) is 0. The molecular weight excluding hydrogens is 286 g/mol. The number of carboxylic acids is 1. The Hall–Kier alpha value is -3.03. The Labute approximate surface area is 116 Å². The van der Waals surface area contributed by atoms with Crippen LogP contribution in [0.1, 0.15) is 20.7 Å². The summed E-state index contributed by atoms with van der Waals surface area (Å²) in [5.74, 6) is -5.52. The molecule has 0 radical (unpaired) electrons. The number of aromatic carboxylic acids is 1. The zero-order valence-electron chi connectivity index (χ0n) is 10.3. The Morgan fingerprint density at radius 1 is 1.14 bits per heavy atom. The van der Waals surface area contributed by atoms with Crippen LogP contribution in [0.2, 0.25) is 0 Å². The predicted molar refractivity (Wildman–Crippen MR) is 67.2 cm³/mol. The number of benzene rings is 1. The van der Waals surface area contributed by atoms with Crippen molar-refractivity contribution in [2.45, 2.75) is 0 Å². The molecule has 1 amide bonds. The van der Waals surface area contributed by atoms with Crippen LogP contribution in [0.15, 0.2) is 30.6 Å². The summed E-state index contributed by atoms with van der Waals surface area (Å²) >= 11 is 0. The molecule has 0 fully saturated rings. The summed E-state index contributed by atoms with van der Waals surface area (Å²) in [5, 5.41) is 20.5. The number of nitrogens with one attached hydrogen (secondary N) is 1. The SMILES string of the molecule is O=C(Nc1cc(F)c(F)cc1C(=O)O)c1ccncc1O. The van der Waals surface area contributed by atoms with E-state index in [0.29, 0.717) is 12.1 Å². The largest absolute Gasteiger partial charge is 0.505 e. The summed E-state index contributed by atoms with van der Waals surface area (Å²) in [6, 6.07) is 2.19. The Morgan fingerprint density at radius 3 is 2.43 bits per heavy atom. The molecular formula is C13H8F2N2O4. The third-order valence-corrected chi connectivity index (χ3v) is 2.58. The van der Waals surface area contributed by atoms with E-state index in [1.54, 1.807) is 0 Å². The number of aromatic nitrogens is 1. The van der Waals surface area contributed by atoms with E-state index in [1.165, 1.54) is 12.3 Å². The summed E-state index contributed by atoms with van der Waals surface area (Å²) < 4.78 is 26.2. The molecule has 1 heterocycles. The lowest BCUT2D eigenvalue weighted by Crippen LogP contribution is -2.15. The number of carbonyl (C=O) groups is 2. The van der Waals surface area contributed by atoms with E-state index in [9.17, 15) is 23.5 Å². The van der Waals surface area contributed by atoms with E-state index in [1.807, 2.05) is 0 Å². The smallest absolute Gasteiger partial charge is 0.337 e. The van der Waals surface area contributed by atoms with Gasteiger partial charge in [-0.1, -0.05) is 0 Å². The Kier molecular flexibility index (Phi) is 3.79. The monoisotopic (exact) mass is 294 g/mol. The van der Waals surface area contributed by atoms with Gasteiger partial charge >= 0.3 is 5.97 Å². The van der Waals surface area contributed by atoms with Crippen LogP contribution in [-0.4, -0.2) is 27.1 Å². The Bertz CT molecular complexity index is 734. The van der Waals surface area contributed by atoms with Gasteiger partial charge < -0.3 is 15.5 Å². The first-order chi connectivity index (χ1) is 9.90.